The SMILES string of the molecule is Cc1ccc2c(c1)Oc1ccccc1C21OC(=O)c2c1ncn2C. The van der Waals surface area contributed by atoms with Crippen molar-refractivity contribution in [2.75, 3.05) is 0 Å². The normalized spacial score (nSPS) is 20.2. The smallest absolute Gasteiger partial charge is 0.358 e. The molecule has 24 heavy (non-hydrogen) atoms. The molecule has 1 spiro atoms. The highest BCUT2D eigenvalue weighted by molar-refractivity contribution is 5.94. The number of imidazole rings is 1. The molecular weight excluding hydrogens is 304 g/mol. The zero-order valence-corrected chi connectivity index (χ0v) is 13.2. The van der Waals surface area contributed by atoms with Crippen LogP contribution in [0, 0.1) is 6.92 Å². The number of para-hydroxylation sites is 1. The molecule has 2 aliphatic rings. The van der Waals surface area contributed by atoms with E-state index in [1.54, 1.807) is 17.9 Å². The van der Waals surface area contributed by atoms with Crippen LogP contribution < -0.4 is 4.74 Å². The summed E-state index contributed by atoms with van der Waals surface area (Å²) in [6, 6.07) is 13.5. The average molecular weight is 318 g/mol. The zero-order valence-electron chi connectivity index (χ0n) is 13.2. The highest BCUT2D eigenvalue weighted by atomic mass is 16.6. The van der Waals surface area contributed by atoms with Crippen molar-refractivity contribution in [2.45, 2.75) is 12.5 Å². The van der Waals surface area contributed by atoms with E-state index in [-0.39, 0.29) is 5.97 Å². The van der Waals surface area contributed by atoms with Gasteiger partial charge in [0.1, 0.15) is 17.2 Å². The molecule has 5 rings (SSSR count). The van der Waals surface area contributed by atoms with Crippen LogP contribution >= 0.6 is 0 Å². The molecule has 3 heterocycles. The van der Waals surface area contributed by atoms with Gasteiger partial charge in [0, 0.05) is 18.2 Å². The number of ether oxygens (including phenoxy) is 2. The first kappa shape index (κ1) is 13.4. The van der Waals surface area contributed by atoms with Gasteiger partial charge in [-0.25, -0.2) is 9.78 Å². The van der Waals surface area contributed by atoms with Crippen molar-refractivity contribution in [2.24, 2.45) is 7.05 Å². The number of esters is 1. The summed E-state index contributed by atoms with van der Waals surface area (Å²) in [5.74, 6) is 1.01. The van der Waals surface area contributed by atoms with Gasteiger partial charge in [0.05, 0.1) is 6.33 Å². The lowest BCUT2D eigenvalue weighted by Crippen LogP contribution is -2.33. The standard InChI is InChI=1S/C19H14N2O3/c1-11-7-8-13-15(9-11)23-14-6-4-3-5-12(14)19(13)17-16(18(22)24-19)21(2)10-20-17/h3-10H,1-2H3. The van der Waals surface area contributed by atoms with Gasteiger partial charge in [-0.1, -0.05) is 30.3 Å². The Morgan fingerprint density at radius 1 is 1.08 bits per heavy atom. The fourth-order valence-electron chi connectivity index (χ4n) is 3.64. The van der Waals surface area contributed by atoms with Crippen LogP contribution in [0.15, 0.2) is 48.8 Å². The monoisotopic (exact) mass is 318 g/mol. The lowest BCUT2D eigenvalue weighted by molar-refractivity contribution is 0.0207. The third-order valence-electron chi connectivity index (χ3n) is 4.71. The molecule has 0 saturated carbocycles. The van der Waals surface area contributed by atoms with Crippen molar-refractivity contribution in [3.05, 3.63) is 76.9 Å². The molecule has 1 aromatic heterocycles. The Morgan fingerprint density at radius 3 is 2.75 bits per heavy atom. The molecule has 0 bridgehead atoms. The van der Waals surface area contributed by atoms with Gasteiger partial charge in [-0.15, -0.1) is 0 Å². The van der Waals surface area contributed by atoms with Crippen LogP contribution in [0.5, 0.6) is 11.5 Å². The van der Waals surface area contributed by atoms with Crippen molar-refractivity contribution in [1.29, 1.82) is 0 Å². The summed E-state index contributed by atoms with van der Waals surface area (Å²) < 4.78 is 13.8. The second-order valence-electron chi connectivity index (χ2n) is 6.22. The number of aromatic nitrogens is 2. The van der Waals surface area contributed by atoms with Crippen LogP contribution in [0.25, 0.3) is 0 Å². The van der Waals surface area contributed by atoms with E-state index in [9.17, 15) is 4.79 Å². The van der Waals surface area contributed by atoms with Gasteiger partial charge >= 0.3 is 5.97 Å². The zero-order chi connectivity index (χ0) is 16.5. The molecule has 0 N–H and O–H groups in total. The lowest BCUT2D eigenvalue weighted by atomic mass is 9.81. The van der Waals surface area contributed by atoms with Crippen molar-refractivity contribution >= 4 is 5.97 Å². The maximum Gasteiger partial charge on any atom is 0.358 e. The van der Waals surface area contributed by atoms with Crippen molar-refractivity contribution in [1.82, 2.24) is 9.55 Å². The summed E-state index contributed by atoms with van der Waals surface area (Å²) in [6.07, 6.45) is 1.65. The van der Waals surface area contributed by atoms with Gasteiger partial charge in [0.15, 0.2) is 5.69 Å². The predicted molar refractivity (Wildman–Crippen MR) is 86.2 cm³/mol. The van der Waals surface area contributed by atoms with E-state index in [4.69, 9.17) is 9.47 Å². The minimum atomic E-state index is -1.05. The third kappa shape index (κ3) is 1.44. The topological polar surface area (TPSA) is 53.4 Å². The van der Waals surface area contributed by atoms with E-state index in [0.717, 1.165) is 16.7 Å². The van der Waals surface area contributed by atoms with E-state index < -0.39 is 5.60 Å². The third-order valence-corrected chi connectivity index (χ3v) is 4.71. The van der Waals surface area contributed by atoms with Crippen LogP contribution in [-0.4, -0.2) is 15.5 Å². The second-order valence-corrected chi connectivity index (χ2v) is 6.22. The summed E-state index contributed by atoms with van der Waals surface area (Å²) >= 11 is 0. The van der Waals surface area contributed by atoms with Crippen LogP contribution in [0.3, 0.4) is 0 Å². The number of carbonyl (C=O) groups is 1. The van der Waals surface area contributed by atoms with Gasteiger partial charge in [-0.3, -0.25) is 0 Å². The number of carbonyl (C=O) groups excluding carboxylic acids is 1. The molecule has 0 amide bonds. The highest BCUT2D eigenvalue weighted by Crippen LogP contribution is 2.55. The molecule has 3 aromatic rings. The van der Waals surface area contributed by atoms with Gasteiger partial charge in [0.25, 0.3) is 0 Å². The van der Waals surface area contributed by atoms with Crippen LogP contribution in [0.2, 0.25) is 0 Å². The van der Waals surface area contributed by atoms with E-state index >= 15 is 0 Å². The van der Waals surface area contributed by atoms with E-state index in [1.807, 2.05) is 49.4 Å². The molecule has 1 unspecified atom stereocenters. The largest absolute Gasteiger partial charge is 0.456 e. The molecule has 0 fully saturated rings. The first-order valence-electron chi connectivity index (χ1n) is 7.75. The number of aryl methyl sites for hydroxylation is 2. The van der Waals surface area contributed by atoms with Crippen LogP contribution in [-0.2, 0) is 17.4 Å². The van der Waals surface area contributed by atoms with Gasteiger partial charge in [-0.05, 0) is 24.6 Å². The molecule has 5 heteroatoms. The summed E-state index contributed by atoms with van der Waals surface area (Å²) in [4.78, 5) is 17.1. The van der Waals surface area contributed by atoms with E-state index in [0.29, 0.717) is 22.9 Å². The lowest BCUT2D eigenvalue weighted by Gasteiger charge is -2.35. The molecule has 2 aliphatic heterocycles. The Kier molecular flexibility index (Phi) is 2.37. The first-order valence-corrected chi connectivity index (χ1v) is 7.75. The number of nitrogens with zero attached hydrogens (tertiary/aromatic N) is 2. The number of fused-ring (bicyclic) bond motifs is 6. The molecule has 118 valence electrons. The minimum Gasteiger partial charge on any atom is -0.456 e. The quantitative estimate of drug-likeness (QED) is 0.597. The van der Waals surface area contributed by atoms with Gasteiger partial charge < -0.3 is 14.0 Å². The fourth-order valence-corrected chi connectivity index (χ4v) is 3.64. The number of hydrogen-bond acceptors (Lipinski definition) is 4. The Morgan fingerprint density at radius 2 is 1.88 bits per heavy atom. The maximum absolute atomic E-state index is 12.6. The Labute approximate surface area is 138 Å². The predicted octanol–water partition coefficient (Wildman–Crippen LogP) is 3.30. The molecule has 5 nitrogen and oxygen atoms in total. The molecule has 0 radical (unpaired) electrons. The minimum absolute atomic E-state index is 0.367. The highest BCUT2D eigenvalue weighted by Gasteiger charge is 2.56. The van der Waals surface area contributed by atoms with Gasteiger partial charge in [0.2, 0.25) is 5.60 Å². The Hall–Kier alpha value is -3.08. The molecular formula is C19H14N2O3. The summed E-state index contributed by atoms with van der Waals surface area (Å²) in [5.41, 5.74) is 2.73. The number of benzene rings is 2. The maximum atomic E-state index is 12.6. The van der Waals surface area contributed by atoms with E-state index in [2.05, 4.69) is 4.98 Å². The summed E-state index contributed by atoms with van der Waals surface area (Å²) in [6.45, 7) is 2.00. The fraction of sp³-hybridized carbons (Fsp3) is 0.158. The van der Waals surface area contributed by atoms with Crippen LogP contribution in [0.4, 0.5) is 0 Å². The van der Waals surface area contributed by atoms with Gasteiger partial charge in [-0.2, -0.15) is 0 Å². The Balaban J connectivity index is 1.92. The number of rotatable bonds is 0. The van der Waals surface area contributed by atoms with Crippen molar-refractivity contribution in [3.63, 3.8) is 0 Å². The number of hydrogen-bond donors (Lipinski definition) is 0. The van der Waals surface area contributed by atoms with E-state index in [1.165, 1.54) is 0 Å². The molecule has 1 atom stereocenters. The van der Waals surface area contributed by atoms with Crippen molar-refractivity contribution in [3.8, 4) is 11.5 Å². The molecule has 0 saturated heterocycles. The molecule has 0 aliphatic carbocycles. The molecule has 2 aromatic carbocycles. The average Bonchev–Trinajstić information content (AvgIpc) is 3.08. The van der Waals surface area contributed by atoms with Crippen LogP contribution in [0.1, 0.15) is 32.9 Å². The summed E-state index contributed by atoms with van der Waals surface area (Å²) in [7, 11) is 1.80. The first-order chi connectivity index (χ1) is 11.6. The van der Waals surface area contributed by atoms with Crippen molar-refractivity contribution < 1.29 is 14.3 Å². The second kappa shape index (κ2) is 4.26. The Bertz CT molecular complexity index is 1020. The summed E-state index contributed by atoms with van der Waals surface area (Å²) in [5, 5.41) is 0.